The zero-order valence-corrected chi connectivity index (χ0v) is 11.4. The first-order valence-corrected chi connectivity index (χ1v) is 6.61. The zero-order valence-electron chi connectivity index (χ0n) is 11.4. The minimum Gasteiger partial charge on any atom is -0.348 e. The number of nitrogens with one attached hydrogen (secondary N) is 1. The van der Waals surface area contributed by atoms with Crippen LogP contribution in [0.1, 0.15) is 34.0 Å². The summed E-state index contributed by atoms with van der Waals surface area (Å²) in [5.41, 5.74) is 4.30. The van der Waals surface area contributed by atoms with Gasteiger partial charge < -0.3 is 5.32 Å². The molecule has 98 valence electrons. The van der Waals surface area contributed by atoms with Crippen molar-refractivity contribution in [1.82, 2.24) is 5.32 Å². The standard InChI is InChI=1S/C17H19NO/c1-3-14-5-4-6-15(11-14)12-18-17(19)16-9-7-13(2)8-10-16/h4-11H,3,12H2,1-2H3,(H,18,19). The third kappa shape index (κ3) is 3.68. The number of hydrogen-bond acceptors (Lipinski definition) is 1. The quantitative estimate of drug-likeness (QED) is 0.888. The minimum atomic E-state index is -0.0260. The third-order valence-electron chi connectivity index (χ3n) is 3.17. The first-order chi connectivity index (χ1) is 9.19. The normalized spacial score (nSPS) is 10.2. The SMILES string of the molecule is CCc1cccc(CNC(=O)c2ccc(C)cc2)c1. The van der Waals surface area contributed by atoms with Gasteiger partial charge in [-0.2, -0.15) is 0 Å². The topological polar surface area (TPSA) is 29.1 Å². The fourth-order valence-corrected chi connectivity index (χ4v) is 1.95. The molecule has 0 unspecified atom stereocenters. The second-order valence-corrected chi connectivity index (χ2v) is 4.72. The van der Waals surface area contributed by atoms with Crippen LogP contribution in [-0.4, -0.2) is 5.91 Å². The van der Waals surface area contributed by atoms with Gasteiger partial charge in [0.05, 0.1) is 0 Å². The summed E-state index contributed by atoms with van der Waals surface area (Å²) in [5.74, 6) is -0.0260. The predicted octanol–water partition coefficient (Wildman–Crippen LogP) is 3.49. The number of aryl methyl sites for hydroxylation is 2. The van der Waals surface area contributed by atoms with E-state index in [0.717, 1.165) is 17.5 Å². The van der Waals surface area contributed by atoms with Gasteiger partial charge in [-0.1, -0.05) is 48.9 Å². The van der Waals surface area contributed by atoms with E-state index in [2.05, 4.69) is 24.4 Å². The molecule has 0 bridgehead atoms. The molecule has 2 heteroatoms. The first kappa shape index (κ1) is 13.3. The Bertz CT molecular complexity index is 558. The maximum atomic E-state index is 12.0. The van der Waals surface area contributed by atoms with E-state index >= 15 is 0 Å². The highest BCUT2D eigenvalue weighted by Gasteiger charge is 2.04. The second-order valence-electron chi connectivity index (χ2n) is 4.72. The highest BCUT2D eigenvalue weighted by molar-refractivity contribution is 5.94. The van der Waals surface area contributed by atoms with Crippen molar-refractivity contribution in [3.05, 3.63) is 70.8 Å². The summed E-state index contributed by atoms with van der Waals surface area (Å²) in [6, 6.07) is 15.9. The molecule has 1 N–H and O–H groups in total. The summed E-state index contributed by atoms with van der Waals surface area (Å²) >= 11 is 0. The van der Waals surface area contributed by atoms with Crippen molar-refractivity contribution in [2.75, 3.05) is 0 Å². The van der Waals surface area contributed by atoms with Crippen molar-refractivity contribution >= 4 is 5.91 Å². The van der Waals surface area contributed by atoms with Crippen LogP contribution in [0.2, 0.25) is 0 Å². The number of carbonyl (C=O) groups excluding carboxylic acids is 1. The van der Waals surface area contributed by atoms with Crippen LogP contribution >= 0.6 is 0 Å². The average molecular weight is 253 g/mol. The fraction of sp³-hybridized carbons (Fsp3) is 0.235. The molecule has 0 aromatic heterocycles. The van der Waals surface area contributed by atoms with Gasteiger partial charge in [0.2, 0.25) is 0 Å². The minimum absolute atomic E-state index is 0.0260. The Morgan fingerprint density at radius 1 is 1.05 bits per heavy atom. The van der Waals surface area contributed by atoms with Crippen molar-refractivity contribution in [2.24, 2.45) is 0 Å². The average Bonchev–Trinajstić information content (AvgIpc) is 2.46. The van der Waals surface area contributed by atoms with Gasteiger partial charge in [0.25, 0.3) is 5.91 Å². The van der Waals surface area contributed by atoms with Crippen molar-refractivity contribution in [3.8, 4) is 0 Å². The summed E-state index contributed by atoms with van der Waals surface area (Å²) < 4.78 is 0. The Labute approximate surface area is 114 Å². The van der Waals surface area contributed by atoms with Gasteiger partial charge in [0, 0.05) is 12.1 Å². The molecular formula is C17H19NO. The molecule has 2 nitrogen and oxygen atoms in total. The van der Waals surface area contributed by atoms with Crippen LogP contribution in [-0.2, 0) is 13.0 Å². The monoisotopic (exact) mass is 253 g/mol. The van der Waals surface area contributed by atoms with Crippen LogP contribution < -0.4 is 5.32 Å². The van der Waals surface area contributed by atoms with Crippen LogP contribution in [0.25, 0.3) is 0 Å². The van der Waals surface area contributed by atoms with E-state index in [1.165, 1.54) is 5.56 Å². The van der Waals surface area contributed by atoms with Crippen LogP contribution in [0.5, 0.6) is 0 Å². The van der Waals surface area contributed by atoms with E-state index in [9.17, 15) is 4.79 Å². The molecule has 0 aliphatic carbocycles. The summed E-state index contributed by atoms with van der Waals surface area (Å²) in [6.07, 6.45) is 1.01. The number of benzene rings is 2. The van der Waals surface area contributed by atoms with Crippen molar-refractivity contribution in [3.63, 3.8) is 0 Å². The molecule has 2 aromatic carbocycles. The molecule has 0 aliphatic heterocycles. The molecule has 0 fully saturated rings. The Morgan fingerprint density at radius 3 is 2.42 bits per heavy atom. The summed E-state index contributed by atoms with van der Waals surface area (Å²) in [7, 11) is 0. The molecule has 0 spiro atoms. The van der Waals surface area contributed by atoms with Crippen molar-refractivity contribution in [2.45, 2.75) is 26.8 Å². The van der Waals surface area contributed by atoms with Crippen molar-refractivity contribution < 1.29 is 4.79 Å². The molecule has 0 saturated heterocycles. The van der Waals surface area contributed by atoms with Crippen LogP contribution in [0, 0.1) is 6.92 Å². The molecule has 0 atom stereocenters. The molecule has 0 radical (unpaired) electrons. The molecule has 2 rings (SSSR count). The van der Waals surface area contributed by atoms with E-state index in [1.54, 1.807) is 0 Å². The lowest BCUT2D eigenvalue weighted by Crippen LogP contribution is -2.22. The number of hydrogen-bond donors (Lipinski definition) is 1. The van der Waals surface area contributed by atoms with Gasteiger partial charge in [0.15, 0.2) is 0 Å². The molecular weight excluding hydrogens is 234 g/mol. The highest BCUT2D eigenvalue weighted by Crippen LogP contribution is 2.07. The molecule has 2 aromatic rings. The molecule has 0 aliphatic rings. The first-order valence-electron chi connectivity index (χ1n) is 6.61. The largest absolute Gasteiger partial charge is 0.348 e. The Kier molecular flexibility index (Phi) is 4.35. The van der Waals surface area contributed by atoms with E-state index < -0.39 is 0 Å². The lowest BCUT2D eigenvalue weighted by atomic mass is 10.1. The number of rotatable bonds is 4. The lowest BCUT2D eigenvalue weighted by molar-refractivity contribution is 0.0951. The summed E-state index contributed by atoms with van der Waals surface area (Å²) in [6.45, 7) is 4.71. The maximum absolute atomic E-state index is 12.0. The third-order valence-corrected chi connectivity index (χ3v) is 3.17. The number of carbonyl (C=O) groups is 1. The smallest absolute Gasteiger partial charge is 0.251 e. The number of amides is 1. The Balaban J connectivity index is 1.98. The second kappa shape index (κ2) is 6.19. The van der Waals surface area contributed by atoms with Gasteiger partial charge in [-0.25, -0.2) is 0 Å². The maximum Gasteiger partial charge on any atom is 0.251 e. The van der Waals surface area contributed by atoms with Crippen LogP contribution in [0.3, 0.4) is 0 Å². The van der Waals surface area contributed by atoms with Crippen LogP contribution in [0.15, 0.2) is 48.5 Å². The predicted molar refractivity (Wildman–Crippen MR) is 78.2 cm³/mol. The fourth-order valence-electron chi connectivity index (χ4n) is 1.95. The highest BCUT2D eigenvalue weighted by atomic mass is 16.1. The van der Waals surface area contributed by atoms with Gasteiger partial charge in [-0.3, -0.25) is 4.79 Å². The van der Waals surface area contributed by atoms with Gasteiger partial charge in [-0.15, -0.1) is 0 Å². The van der Waals surface area contributed by atoms with Gasteiger partial charge >= 0.3 is 0 Å². The van der Waals surface area contributed by atoms with E-state index in [4.69, 9.17) is 0 Å². The van der Waals surface area contributed by atoms with Gasteiger partial charge in [-0.05, 0) is 36.6 Å². The molecule has 0 heterocycles. The Hall–Kier alpha value is -2.09. The van der Waals surface area contributed by atoms with Crippen molar-refractivity contribution in [1.29, 1.82) is 0 Å². The molecule has 19 heavy (non-hydrogen) atoms. The summed E-state index contributed by atoms with van der Waals surface area (Å²) in [4.78, 5) is 12.0. The molecule has 0 saturated carbocycles. The Morgan fingerprint density at radius 2 is 1.74 bits per heavy atom. The van der Waals surface area contributed by atoms with Crippen LogP contribution in [0.4, 0.5) is 0 Å². The zero-order chi connectivity index (χ0) is 13.7. The van der Waals surface area contributed by atoms with E-state index in [-0.39, 0.29) is 5.91 Å². The van der Waals surface area contributed by atoms with Gasteiger partial charge in [0.1, 0.15) is 0 Å². The van der Waals surface area contributed by atoms with E-state index in [0.29, 0.717) is 12.1 Å². The summed E-state index contributed by atoms with van der Waals surface area (Å²) in [5, 5.41) is 2.95. The lowest BCUT2D eigenvalue weighted by Gasteiger charge is -2.07. The van der Waals surface area contributed by atoms with E-state index in [1.807, 2.05) is 43.3 Å². The molecule has 1 amide bonds.